The number of hydrogen-bond acceptors (Lipinski definition) is 7. The Morgan fingerprint density at radius 1 is 1.38 bits per heavy atom. The van der Waals surface area contributed by atoms with Gasteiger partial charge in [0.1, 0.15) is 0 Å². The van der Waals surface area contributed by atoms with Crippen LogP contribution in [-0.2, 0) is 4.74 Å². The normalized spacial score (nSPS) is 11.2. The molecule has 0 aliphatic rings. The monoisotopic (exact) mass is 344 g/mol. The summed E-state index contributed by atoms with van der Waals surface area (Å²) >= 11 is 2.73. The molecular weight excluding hydrogens is 329 g/mol. The minimum atomic E-state index is -4.51. The molecule has 1 heterocycles. The molecule has 1 aromatic rings. The average Bonchev–Trinajstić information content (AvgIpc) is 2.86. The number of alkyl halides is 3. The molecule has 11 heteroatoms. The van der Waals surface area contributed by atoms with Gasteiger partial charge in [-0.3, -0.25) is 0 Å². The topological polar surface area (TPSA) is 76.1 Å². The van der Waals surface area contributed by atoms with Crippen molar-refractivity contribution in [1.29, 1.82) is 0 Å². The summed E-state index contributed by atoms with van der Waals surface area (Å²) in [5, 5.41) is 13.9. The molecule has 2 N–H and O–H groups in total. The minimum Gasteiger partial charge on any atom is -0.440 e. The second kappa shape index (κ2) is 8.93. The van der Waals surface area contributed by atoms with Crippen molar-refractivity contribution in [1.82, 2.24) is 15.5 Å². The van der Waals surface area contributed by atoms with E-state index in [1.54, 1.807) is 0 Å². The fraction of sp³-hybridized carbons (Fsp3) is 0.700. The predicted octanol–water partition coefficient (Wildman–Crippen LogP) is 2.74. The Morgan fingerprint density at radius 2 is 2.14 bits per heavy atom. The fourth-order valence-electron chi connectivity index (χ4n) is 1.06. The molecule has 6 nitrogen and oxygen atoms in total. The Morgan fingerprint density at radius 3 is 2.81 bits per heavy atom. The number of nitrogens with zero attached hydrogens (tertiary/aromatic N) is 2. The molecule has 1 amide bonds. The first-order chi connectivity index (χ1) is 9.90. The lowest BCUT2D eigenvalue weighted by molar-refractivity contribution is -0.160. The third kappa shape index (κ3) is 8.60. The van der Waals surface area contributed by atoms with Crippen LogP contribution in [0.1, 0.15) is 13.3 Å². The number of ether oxygens (including phenoxy) is 1. The van der Waals surface area contributed by atoms with E-state index in [2.05, 4.69) is 25.6 Å². The van der Waals surface area contributed by atoms with Crippen molar-refractivity contribution in [2.45, 2.75) is 23.9 Å². The standard InChI is InChI=1S/C10H15F3N4O2S2/c1-2-3-14-7-16-17-9(21-7)20-5-4-15-8(18)19-6-10(11,12)13/h2-6H2,1H3,(H,14,16)(H,15,18). The molecule has 1 aromatic heterocycles. The number of carbonyl (C=O) groups is 1. The molecular formula is C10H15F3N4O2S2. The third-order valence-electron chi connectivity index (χ3n) is 1.90. The molecule has 0 aliphatic carbocycles. The smallest absolute Gasteiger partial charge is 0.422 e. The highest BCUT2D eigenvalue weighted by molar-refractivity contribution is 8.01. The van der Waals surface area contributed by atoms with E-state index >= 15 is 0 Å². The second-order valence-corrected chi connectivity index (χ2v) is 6.09. The summed E-state index contributed by atoms with van der Waals surface area (Å²) < 4.78 is 40.1. The van der Waals surface area contributed by atoms with E-state index in [1.807, 2.05) is 6.92 Å². The third-order valence-corrected chi connectivity index (χ3v) is 3.91. The van der Waals surface area contributed by atoms with Crippen LogP contribution in [0.3, 0.4) is 0 Å². The van der Waals surface area contributed by atoms with E-state index in [4.69, 9.17) is 0 Å². The van der Waals surface area contributed by atoms with Gasteiger partial charge in [-0.2, -0.15) is 13.2 Å². The number of halogens is 3. The van der Waals surface area contributed by atoms with Gasteiger partial charge in [0.05, 0.1) is 0 Å². The van der Waals surface area contributed by atoms with Gasteiger partial charge in [-0.1, -0.05) is 30.0 Å². The van der Waals surface area contributed by atoms with Gasteiger partial charge in [-0.15, -0.1) is 10.2 Å². The molecule has 120 valence electrons. The SMILES string of the molecule is CCCNc1nnc(SCCNC(=O)OCC(F)(F)F)s1. The van der Waals surface area contributed by atoms with Crippen LogP contribution in [0.4, 0.5) is 23.1 Å². The first-order valence-electron chi connectivity index (χ1n) is 6.08. The predicted molar refractivity (Wildman–Crippen MR) is 74.8 cm³/mol. The number of carbonyl (C=O) groups excluding carboxylic acids is 1. The number of anilines is 1. The molecule has 0 bridgehead atoms. The molecule has 0 spiro atoms. The first kappa shape index (κ1) is 17.8. The molecule has 0 saturated carbocycles. The van der Waals surface area contributed by atoms with Crippen LogP contribution in [0.5, 0.6) is 0 Å². The molecule has 0 radical (unpaired) electrons. The maximum absolute atomic E-state index is 11.8. The van der Waals surface area contributed by atoms with Crippen molar-refractivity contribution in [2.24, 2.45) is 0 Å². The van der Waals surface area contributed by atoms with Crippen LogP contribution >= 0.6 is 23.1 Å². The van der Waals surface area contributed by atoms with E-state index in [-0.39, 0.29) is 6.54 Å². The lowest BCUT2D eigenvalue weighted by atomic mass is 10.5. The van der Waals surface area contributed by atoms with E-state index < -0.39 is 18.9 Å². The zero-order valence-electron chi connectivity index (χ0n) is 11.2. The maximum Gasteiger partial charge on any atom is 0.422 e. The number of hydrogen-bond donors (Lipinski definition) is 2. The van der Waals surface area contributed by atoms with E-state index in [0.29, 0.717) is 5.75 Å². The van der Waals surface area contributed by atoms with E-state index in [0.717, 1.165) is 22.4 Å². The van der Waals surface area contributed by atoms with Crippen molar-refractivity contribution in [3.05, 3.63) is 0 Å². The largest absolute Gasteiger partial charge is 0.440 e. The number of amides is 1. The summed E-state index contributed by atoms with van der Waals surface area (Å²) in [6.07, 6.45) is -4.62. The lowest BCUT2D eigenvalue weighted by Gasteiger charge is -2.08. The second-order valence-electron chi connectivity index (χ2n) is 3.77. The first-order valence-corrected chi connectivity index (χ1v) is 7.88. The Labute approximate surface area is 127 Å². The summed E-state index contributed by atoms with van der Waals surface area (Å²) in [6.45, 7) is 1.44. The number of thioether (sulfide) groups is 1. The summed E-state index contributed by atoms with van der Waals surface area (Å²) in [7, 11) is 0. The number of alkyl carbamates (subject to hydrolysis) is 1. The fourth-order valence-corrected chi connectivity index (χ4v) is 2.76. The number of aromatic nitrogens is 2. The van der Waals surface area contributed by atoms with Gasteiger partial charge < -0.3 is 15.4 Å². The maximum atomic E-state index is 11.8. The highest BCUT2D eigenvalue weighted by Gasteiger charge is 2.29. The van der Waals surface area contributed by atoms with Gasteiger partial charge in [0.2, 0.25) is 5.13 Å². The summed E-state index contributed by atoms with van der Waals surface area (Å²) in [5.74, 6) is 0.462. The molecule has 0 aromatic carbocycles. The lowest BCUT2D eigenvalue weighted by Crippen LogP contribution is -2.30. The average molecular weight is 344 g/mol. The Hall–Kier alpha value is -1.23. The Bertz CT molecular complexity index is 442. The highest BCUT2D eigenvalue weighted by atomic mass is 32.2. The highest BCUT2D eigenvalue weighted by Crippen LogP contribution is 2.24. The Balaban J connectivity index is 2.13. The minimum absolute atomic E-state index is 0.179. The van der Waals surface area contributed by atoms with Crippen molar-refractivity contribution < 1.29 is 22.7 Å². The van der Waals surface area contributed by atoms with Crippen LogP contribution in [0, 0.1) is 0 Å². The van der Waals surface area contributed by atoms with Crippen molar-refractivity contribution in [2.75, 3.05) is 30.8 Å². The van der Waals surface area contributed by atoms with Crippen LogP contribution < -0.4 is 10.6 Å². The molecule has 0 fully saturated rings. The van der Waals surface area contributed by atoms with Crippen LogP contribution in [0.15, 0.2) is 4.34 Å². The zero-order chi connectivity index (χ0) is 15.7. The molecule has 21 heavy (non-hydrogen) atoms. The Kier molecular flexibility index (Phi) is 7.57. The summed E-state index contributed by atoms with van der Waals surface area (Å²) in [6, 6.07) is 0. The molecule has 0 atom stereocenters. The van der Waals surface area contributed by atoms with Gasteiger partial charge in [0, 0.05) is 18.8 Å². The van der Waals surface area contributed by atoms with Gasteiger partial charge >= 0.3 is 12.3 Å². The molecule has 0 aliphatic heterocycles. The van der Waals surface area contributed by atoms with Gasteiger partial charge in [-0.05, 0) is 6.42 Å². The molecule has 0 unspecified atom stereocenters. The number of nitrogens with one attached hydrogen (secondary N) is 2. The molecule has 0 saturated heterocycles. The van der Waals surface area contributed by atoms with Crippen LogP contribution in [0.25, 0.3) is 0 Å². The van der Waals surface area contributed by atoms with Gasteiger partial charge in [-0.25, -0.2) is 4.79 Å². The van der Waals surface area contributed by atoms with Crippen molar-refractivity contribution in [3.63, 3.8) is 0 Å². The van der Waals surface area contributed by atoms with Crippen molar-refractivity contribution >= 4 is 34.3 Å². The molecule has 1 rings (SSSR count). The van der Waals surface area contributed by atoms with Gasteiger partial charge in [0.15, 0.2) is 10.9 Å². The van der Waals surface area contributed by atoms with Crippen LogP contribution in [-0.4, -0.2) is 47.9 Å². The summed E-state index contributed by atoms with van der Waals surface area (Å²) in [4.78, 5) is 10.9. The van der Waals surface area contributed by atoms with E-state index in [9.17, 15) is 18.0 Å². The van der Waals surface area contributed by atoms with Crippen LogP contribution in [0.2, 0.25) is 0 Å². The van der Waals surface area contributed by atoms with E-state index in [1.165, 1.54) is 23.1 Å². The quantitative estimate of drug-likeness (QED) is 0.558. The number of rotatable bonds is 8. The van der Waals surface area contributed by atoms with Crippen molar-refractivity contribution in [3.8, 4) is 0 Å². The zero-order valence-corrected chi connectivity index (χ0v) is 12.8. The summed E-state index contributed by atoms with van der Waals surface area (Å²) in [5.41, 5.74) is 0. The van der Waals surface area contributed by atoms with Gasteiger partial charge in [0.25, 0.3) is 0 Å².